The third-order valence-electron chi connectivity index (χ3n) is 5.24. The minimum atomic E-state index is -0.540. The molecule has 0 aliphatic rings. The Kier molecular flexibility index (Phi) is 5.67. The highest BCUT2D eigenvalue weighted by molar-refractivity contribution is 6.67. The molecule has 0 N–H and O–H groups in total. The second kappa shape index (κ2) is 8.43. The summed E-state index contributed by atoms with van der Waals surface area (Å²) in [6.45, 7) is 4.00. The molecular formula is C22H21ClN6O3. The zero-order valence-corrected chi connectivity index (χ0v) is 18.8. The lowest BCUT2D eigenvalue weighted by Gasteiger charge is -2.13. The summed E-state index contributed by atoms with van der Waals surface area (Å²) in [4.78, 5) is 23.9. The molecule has 164 valence electrons. The zero-order valence-electron chi connectivity index (χ0n) is 18.0. The van der Waals surface area contributed by atoms with E-state index in [1.807, 2.05) is 50.2 Å². The van der Waals surface area contributed by atoms with E-state index in [0.717, 1.165) is 22.3 Å². The second-order valence-corrected chi connectivity index (χ2v) is 7.76. The molecule has 0 unspecified atom stereocenters. The first kappa shape index (κ1) is 21.5. The van der Waals surface area contributed by atoms with Crippen LogP contribution in [0.4, 0.5) is 0 Å². The summed E-state index contributed by atoms with van der Waals surface area (Å²) in [7, 11) is 3.24. The molecule has 0 bridgehead atoms. The molecule has 4 rings (SSSR count). The highest BCUT2D eigenvalue weighted by atomic mass is 35.5. The Hall–Kier alpha value is -3.72. The van der Waals surface area contributed by atoms with Gasteiger partial charge in [0, 0.05) is 30.8 Å². The van der Waals surface area contributed by atoms with Gasteiger partial charge < -0.3 is 4.74 Å². The number of hydrogen-bond acceptors (Lipinski definition) is 6. The van der Waals surface area contributed by atoms with Gasteiger partial charge in [-0.2, -0.15) is 14.5 Å². The van der Waals surface area contributed by atoms with Gasteiger partial charge in [0.2, 0.25) is 0 Å². The topological polar surface area (TPSA) is 96.8 Å². The number of aromatic nitrogens is 6. The van der Waals surface area contributed by atoms with E-state index in [-0.39, 0.29) is 12.3 Å². The molecule has 9 nitrogen and oxygen atoms in total. The van der Waals surface area contributed by atoms with Gasteiger partial charge in [-0.1, -0.05) is 18.2 Å². The molecule has 2 aromatic carbocycles. The lowest BCUT2D eigenvalue weighted by Crippen LogP contribution is -2.23. The maximum atomic E-state index is 12.2. The zero-order chi connectivity index (χ0) is 23.0. The fraction of sp³-hybridized carbons (Fsp3) is 0.227. The number of rotatable bonds is 6. The predicted octanol–water partition coefficient (Wildman–Crippen LogP) is 2.94. The van der Waals surface area contributed by atoms with Gasteiger partial charge in [-0.15, -0.1) is 0 Å². The fourth-order valence-corrected chi connectivity index (χ4v) is 3.86. The van der Waals surface area contributed by atoms with Crippen molar-refractivity contribution in [3.8, 4) is 22.7 Å². The lowest BCUT2D eigenvalue weighted by atomic mass is 10.0. The van der Waals surface area contributed by atoms with Crippen LogP contribution in [0.15, 0.2) is 47.3 Å². The van der Waals surface area contributed by atoms with Crippen LogP contribution in [-0.2, 0) is 20.7 Å². The van der Waals surface area contributed by atoms with Crippen LogP contribution in [0.3, 0.4) is 0 Å². The van der Waals surface area contributed by atoms with E-state index in [1.54, 1.807) is 20.2 Å². The van der Waals surface area contributed by atoms with E-state index in [1.165, 1.54) is 14.0 Å². The number of nitrogens with zero attached hydrogens (tertiary/aromatic N) is 6. The average molecular weight is 453 g/mol. The smallest absolute Gasteiger partial charge is 0.368 e. The molecule has 0 radical (unpaired) electrons. The van der Waals surface area contributed by atoms with Gasteiger partial charge in [0.15, 0.2) is 0 Å². The van der Waals surface area contributed by atoms with Crippen molar-refractivity contribution >= 4 is 16.8 Å². The molecule has 0 fully saturated rings. The largest absolute Gasteiger partial charge is 0.489 e. The molecule has 0 amide bonds. The van der Waals surface area contributed by atoms with Gasteiger partial charge in [0.25, 0.3) is 5.24 Å². The van der Waals surface area contributed by atoms with Crippen LogP contribution in [0.2, 0.25) is 0 Å². The monoisotopic (exact) mass is 452 g/mol. The highest BCUT2D eigenvalue weighted by Crippen LogP contribution is 2.30. The van der Waals surface area contributed by atoms with Crippen LogP contribution >= 0.6 is 11.6 Å². The molecular weight excluding hydrogens is 432 g/mol. The molecule has 10 heteroatoms. The summed E-state index contributed by atoms with van der Waals surface area (Å²) in [5, 5.41) is 11.6. The number of halogens is 1. The molecule has 0 spiro atoms. The van der Waals surface area contributed by atoms with Crippen LogP contribution in [-0.4, -0.2) is 34.8 Å². The molecule has 0 aliphatic heterocycles. The summed E-state index contributed by atoms with van der Waals surface area (Å²) < 4.78 is 9.95. The van der Waals surface area contributed by atoms with Crippen molar-refractivity contribution in [3.63, 3.8) is 0 Å². The summed E-state index contributed by atoms with van der Waals surface area (Å²) in [6, 6.07) is 13.1. The van der Waals surface area contributed by atoms with Gasteiger partial charge in [0.05, 0.1) is 11.4 Å². The summed E-state index contributed by atoms with van der Waals surface area (Å²) in [5.41, 5.74) is 4.63. The van der Waals surface area contributed by atoms with E-state index in [9.17, 15) is 9.59 Å². The van der Waals surface area contributed by atoms with Crippen molar-refractivity contribution in [2.24, 2.45) is 14.1 Å². The van der Waals surface area contributed by atoms with Crippen LogP contribution < -0.4 is 10.4 Å². The SMILES string of the molecule is Cc1cc(-c2nn(C)c(C(=O)Cl)c2C)ccc1OCc1ccccc1-n1nnn(C)c1=O. The van der Waals surface area contributed by atoms with Gasteiger partial charge >= 0.3 is 5.69 Å². The van der Waals surface area contributed by atoms with E-state index in [0.29, 0.717) is 22.8 Å². The minimum absolute atomic E-state index is 0.243. The first-order chi connectivity index (χ1) is 15.3. The van der Waals surface area contributed by atoms with Crippen molar-refractivity contribution in [1.29, 1.82) is 0 Å². The van der Waals surface area contributed by atoms with Crippen molar-refractivity contribution < 1.29 is 9.53 Å². The Bertz CT molecular complexity index is 1380. The van der Waals surface area contributed by atoms with E-state index >= 15 is 0 Å². The van der Waals surface area contributed by atoms with Crippen LogP contribution in [0.25, 0.3) is 16.9 Å². The average Bonchev–Trinajstić information content (AvgIpc) is 3.25. The molecule has 0 aliphatic carbocycles. The second-order valence-electron chi connectivity index (χ2n) is 7.41. The fourth-order valence-electron chi connectivity index (χ4n) is 3.60. The minimum Gasteiger partial charge on any atom is -0.489 e. The number of carbonyl (C=O) groups excluding carboxylic acids is 1. The Balaban J connectivity index is 1.59. The molecule has 0 saturated heterocycles. The highest BCUT2D eigenvalue weighted by Gasteiger charge is 2.19. The van der Waals surface area contributed by atoms with Crippen molar-refractivity contribution in [1.82, 2.24) is 29.6 Å². The van der Waals surface area contributed by atoms with E-state index in [4.69, 9.17) is 16.3 Å². The summed E-state index contributed by atoms with van der Waals surface area (Å²) in [6.07, 6.45) is 0. The lowest BCUT2D eigenvalue weighted by molar-refractivity contribution is 0.107. The third-order valence-corrected chi connectivity index (χ3v) is 5.42. The number of aryl methyl sites for hydroxylation is 3. The normalized spacial score (nSPS) is 11.0. The number of hydrogen-bond donors (Lipinski definition) is 0. The van der Waals surface area contributed by atoms with Crippen molar-refractivity contribution in [2.75, 3.05) is 0 Å². The maximum Gasteiger partial charge on any atom is 0.368 e. The molecule has 0 atom stereocenters. The number of benzene rings is 2. The number of ether oxygens (including phenoxy) is 1. The molecule has 2 heterocycles. The Morgan fingerprint density at radius 2 is 1.81 bits per heavy atom. The van der Waals surface area contributed by atoms with Gasteiger partial charge in [-0.3, -0.25) is 9.48 Å². The van der Waals surface area contributed by atoms with Crippen molar-refractivity contribution in [3.05, 3.63) is 75.3 Å². The quantitative estimate of drug-likeness (QED) is 0.417. The van der Waals surface area contributed by atoms with E-state index in [2.05, 4.69) is 15.5 Å². The van der Waals surface area contributed by atoms with Crippen LogP contribution in [0.5, 0.6) is 5.75 Å². The Morgan fingerprint density at radius 1 is 1.06 bits per heavy atom. The molecule has 0 saturated carbocycles. The summed E-state index contributed by atoms with van der Waals surface area (Å²) in [5.74, 6) is 0.692. The van der Waals surface area contributed by atoms with Gasteiger partial charge in [-0.05, 0) is 65.7 Å². The first-order valence-electron chi connectivity index (χ1n) is 9.82. The first-order valence-corrected chi connectivity index (χ1v) is 10.2. The molecule has 2 aromatic heterocycles. The third kappa shape index (κ3) is 3.82. The summed E-state index contributed by atoms with van der Waals surface area (Å²) >= 11 is 5.69. The Labute approximate surface area is 188 Å². The Morgan fingerprint density at radius 3 is 2.44 bits per heavy atom. The maximum absolute atomic E-state index is 12.2. The van der Waals surface area contributed by atoms with Gasteiger partial charge in [0.1, 0.15) is 18.1 Å². The number of tetrazole rings is 1. The van der Waals surface area contributed by atoms with Crippen LogP contribution in [0, 0.1) is 13.8 Å². The number of para-hydroxylation sites is 1. The standard InChI is InChI=1S/C22H21ClN6O3/c1-13-11-15(19-14(2)20(21(23)30)27(3)24-19)9-10-18(13)32-12-16-7-5-6-8-17(16)29-22(31)28(4)25-26-29/h5-11H,12H2,1-4H3. The van der Waals surface area contributed by atoms with Crippen LogP contribution in [0.1, 0.15) is 27.2 Å². The van der Waals surface area contributed by atoms with Crippen molar-refractivity contribution in [2.45, 2.75) is 20.5 Å². The van der Waals surface area contributed by atoms with Gasteiger partial charge in [-0.25, -0.2) is 4.79 Å². The number of carbonyl (C=O) groups is 1. The molecule has 4 aromatic rings. The van der Waals surface area contributed by atoms with E-state index < -0.39 is 5.24 Å². The predicted molar refractivity (Wildman–Crippen MR) is 119 cm³/mol. The molecule has 32 heavy (non-hydrogen) atoms.